The lowest BCUT2D eigenvalue weighted by atomic mass is 9.82. The molecule has 0 fully saturated rings. The highest BCUT2D eigenvalue weighted by Gasteiger charge is 2.99. The fourth-order valence-electron chi connectivity index (χ4n) is 3.91. The molecule has 0 atom stereocenters. The van der Waals surface area contributed by atoms with Crippen LogP contribution < -0.4 is 5.32 Å². The molecule has 1 aromatic rings. The summed E-state index contributed by atoms with van der Waals surface area (Å²) < 4.78 is 325. The van der Waals surface area contributed by atoms with Gasteiger partial charge in [-0.1, -0.05) is 0 Å². The van der Waals surface area contributed by atoms with E-state index >= 15 is 17.6 Å². The van der Waals surface area contributed by atoms with E-state index in [2.05, 4.69) is 14.7 Å². The van der Waals surface area contributed by atoms with Gasteiger partial charge >= 0.3 is 71.4 Å². The smallest absolute Gasteiger partial charge is 0.445 e. The van der Waals surface area contributed by atoms with E-state index in [0.29, 0.717) is 19.1 Å². The molecule has 0 saturated heterocycles. The van der Waals surface area contributed by atoms with E-state index in [0.717, 1.165) is 0 Å². The summed E-state index contributed by atoms with van der Waals surface area (Å²) in [6, 6.07) is -0.248. The van der Waals surface area contributed by atoms with E-state index in [-0.39, 0.29) is 13.0 Å². The molecular weight excluding hydrogens is 847 g/mol. The minimum absolute atomic E-state index is 0.0427. The van der Waals surface area contributed by atoms with Gasteiger partial charge in [-0.15, -0.1) is 0 Å². The first-order valence-electron chi connectivity index (χ1n) is 12.7. The molecule has 8 nitrogen and oxygen atoms in total. The molecule has 1 N–H and O–H groups in total. The minimum Gasteiger partial charge on any atom is -0.445 e. The second-order valence-electron chi connectivity index (χ2n) is 10.2. The van der Waals surface area contributed by atoms with Gasteiger partial charge in [0.2, 0.25) is 12.2 Å². The van der Waals surface area contributed by atoms with E-state index in [1.165, 1.54) is 5.32 Å². The monoisotopic (exact) mass is 857 g/mol. The number of hydrogen-bond donors (Lipinski definition) is 1. The topological polar surface area (TPSA) is 114 Å². The van der Waals surface area contributed by atoms with Crippen molar-refractivity contribution in [1.82, 2.24) is 5.32 Å². The molecule has 1 rings (SSSR count). The number of aliphatic imine (C=N–C) groups is 2. The summed E-state index contributed by atoms with van der Waals surface area (Å²) in [5, 5.41) is 1.18. The normalized spacial score (nSPS) is 14.5. The summed E-state index contributed by atoms with van der Waals surface area (Å²) in [6.07, 6.45) is -7.27. The number of carbonyl (C=O) groups is 2. The van der Waals surface area contributed by atoms with Gasteiger partial charge in [0.05, 0.1) is 5.56 Å². The largest absolute Gasteiger partial charge is 0.460 e. The van der Waals surface area contributed by atoms with E-state index in [1.54, 1.807) is 0 Å². The van der Waals surface area contributed by atoms with Crippen LogP contribution >= 0.6 is 0 Å². The number of alkyl halides is 23. The Morgan fingerprint density at radius 2 is 0.945 bits per heavy atom. The lowest BCUT2D eigenvalue weighted by Crippen LogP contribution is -2.77. The Labute approximate surface area is 285 Å². The molecule has 0 heterocycles. The van der Waals surface area contributed by atoms with Crippen LogP contribution in [0.4, 0.5) is 112 Å². The van der Waals surface area contributed by atoms with Crippen LogP contribution in [0.2, 0.25) is 0 Å². The molecule has 31 heteroatoms. The minimum atomic E-state index is -9.63. The molecule has 0 aromatic heterocycles. The third kappa shape index (κ3) is 6.81. The second kappa shape index (κ2) is 14.1. The van der Waals surface area contributed by atoms with E-state index in [9.17, 15) is 103 Å². The van der Waals surface area contributed by atoms with Crippen molar-refractivity contribution in [1.29, 1.82) is 0 Å². The summed E-state index contributed by atoms with van der Waals surface area (Å²) in [5.41, 5.74) is -11.1. The fraction of sp³-hybridized carbons (Fsp3) is 0.583. The van der Waals surface area contributed by atoms with Crippen LogP contribution in [0, 0.1) is 6.92 Å². The maximum atomic E-state index is 15.5. The van der Waals surface area contributed by atoms with Gasteiger partial charge in [0.15, 0.2) is 6.73 Å². The molecule has 0 aliphatic rings. The van der Waals surface area contributed by atoms with E-state index in [1.807, 2.05) is 0 Å². The van der Waals surface area contributed by atoms with Crippen LogP contribution in [0.5, 0.6) is 0 Å². The molecule has 0 aliphatic carbocycles. The molecule has 0 radical (unpaired) electrons. The van der Waals surface area contributed by atoms with Gasteiger partial charge in [-0.05, 0) is 18.6 Å². The summed E-state index contributed by atoms with van der Waals surface area (Å²) in [4.78, 5) is 50.2. The van der Waals surface area contributed by atoms with Gasteiger partial charge in [0, 0.05) is 12.5 Å². The Balaban J connectivity index is 4.27. The predicted octanol–water partition coefficient (Wildman–Crippen LogP) is 8.55. The van der Waals surface area contributed by atoms with Crippen molar-refractivity contribution in [3.63, 3.8) is 0 Å². The lowest BCUT2D eigenvalue weighted by Gasteiger charge is -2.45. The summed E-state index contributed by atoms with van der Waals surface area (Å²) in [6.45, 7) is -1.05. The number of ether oxygens (including phenoxy) is 1. The number of aryl methyl sites for hydroxylation is 1. The maximum absolute atomic E-state index is 15.5. The van der Waals surface area contributed by atoms with Gasteiger partial charge < -0.3 is 10.1 Å². The van der Waals surface area contributed by atoms with Gasteiger partial charge in [-0.2, -0.15) is 111 Å². The quantitative estimate of drug-likeness (QED) is 0.0625. The molecular formula is C24H10F23N3O5. The van der Waals surface area contributed by atoms with Gasteiger partial charge in [0.25, 0.3) is 5.91 Å². The molecule has 0 unspecified atom stereocenters. The number of carbonyl (C=O) groups excluding carboxylic acids is 4. The number of halogens is 23. The summed E-state index contributed by atoms with van der Waals surface area (Å²) in [5.74, 6) is -94.8. The zero-order chi connectivity index (χ0) is 44.2. The van der Waals surface area contributed by atoms with Crippen LogP contribution in [0.25, 0.3) is 0 Å². The lowest BCUT2D eigenvalue weighted by molar-refractivity contribution is -0.479. The number of amides is 1. The van der Waals surface area contributed by atoms with E-state index < -0.39 is 112 Å². The zero-order valence-corrected chi connectivity index (χ0v) is 25.4. The van der Waals surface area contributed by atoms with Crippen molar-refractivity contribution in [2.24, 2.45) is 9.98 Å². The number of rotatable bonds is 15. The molecule has 312 valence electrons. The molecule has 0 bridgehead atoms. The first kappa shape index (κ1) is 48.3. The first-order valence-corrected chi connectivity index (χ1v) is 12.7. The number of benzene rings is 1. The number of hydrogen-bond acceptors (Lipinski definition) is 7. The van der Waals surface area contributed by atoms with Crippen LogP contribution in [0.1, 0.15) is 28.4 Å². The summed E-state index contributed by atoms with van der Waals surface area (Å²) in [7, 11) is 0. The highest BCUT2D eigenvalue weighted by Crippen LogP contribution is 2.68. The number of isocyanates is 2. The average Bonchev–Trinajstić information content (AvgIpc) is 3.00. The Morgan fingerprint density at radius 1 is 0.600 bits per heavy atom. The van der Waals surface area contributed by atoms with Crippen LogP contribution in [-0.2, 0) is 25.0 Å². The third-order valence-corrected chi connectivity index (χ3v) is 6.75. The highest BCUT2D eigenvalue weighted by molar-refractivity contribution is 6.04. The van der Waals surface area contributed by atoms with Gasteiger partial charge in [0.1, 0.15) is 11.4 Å². The van der Waals surface area contributed by atoms with Crippen molar-refractivity contribution in [3.05, 3.63) is 22.8 Å². The number of esters is 1. The van der Waals surface area contributed by atoms with Crippen molar-refractivity contribution in [2.75, 3.05) is 6.73 Å². The van der Waals surface area contributed by atoms with Crippen LogP contribution in [0.3, 0.4) is 0 Å². The van der Waals surface area contributed by atoms with E-state index in [4.69, 9.17) is 0 Å². The molecule has 55 heavy (non-hydrogen) atoms. The zero-order valence-electron chi connectivity index (χ0n) is 25.4. The first-order chi connectivity index (χ1) is 24.1. The Kier molecular flexibility index (Phi) is 12.4. The second-order valence-corrected chi connectivity index (χ2v) is 10.2. The number of nitrogens with zero attached hydrogens (tertiary/aromatic N) is 2. The standard InChI is InChI=1S/C24H10F23N3O5/c1-7-3-9(48-4-51)12(49-5-52)10(13(54)50-6-55-8(2)53)11(7)14(25,26)15(27,28)16(29,30)17(31,32)18(33,34)19(35,36)20(37,38)21(39,40)22(41,42)23(43,44)24(45,46)47/h3H,6H2,1-2H3,(H,50,54). The predicted molar refractivity (Wildman–Crippen MR) is 125 cm³/mol. The van der Waals surface area contributed by atoms with Crippen molar-refractivity contribution in [3.8, 4) is 0 Å². The van der Waals surface area contributed by atoms with Crippen molar-refractivity contribution >= 4 is 35.4 Å². The maximum Gasteiger partial charge on any atom is 0.460 e. The number of nitrogens with one attached hydrogen (secondary N) is 1. The Morgan fingerprint density at radius 3 is 1.27 bits per heavy atom. The Hall–Kier alpha value is -4.69. The van der Waals surface area contributed by atoms with Gasteiger partial charge in [-0.3, -0.25) is 9.59 Å². The summed E-state index contributed by atoms with van der Waals surface area (Å²) >= 11 is 0. The molecule has 0 aliphatic heterocycles. The Bertz CT molecular complexity index is 1780. The van der Waals surface area contributed by atoms with Crippen LogP contribution in [0.15, 0.2) is 16.1 Å². The molecule has 1 amide bonds. The molecule has 0 spiro atoms. The molecule has 1 aromatic carbocycles. The third-order valence-electron chi connectivity index (χ3n) is 6.75. The van der Waals surface area contributed by atoms with Crippen LogP contribution in [-0.4, -0.2) is 90.2 Å². The molecule has 0 saturated carbocycles. The van der Waals surface area contributed by atoms with Gasteiger partial charge in [-0.25, -0.2) is 9.59 Å². The SMILES string of the molecule is CC(=O)OCNC(=O)c1c(N=C=O)c(N=C=O)cc(C)c1C(F)(F)C(F)(F)C(F)(F)C(F)(F)C(F)(F)C(F)(F)C(F)(F)C(F)(F)C(F)(F)C(F)(F)C(F)(F)F. The highest BCUT2D eigenvalue weighted by atomic mass is 19.4. The average molecular weight is 857 g/mol. The van der Waals surface area contributed by atoms with Crippen molar-refractivity contribution < 1.29 is 125 Å². The fourth-order valence-corrected chi connectivity index (χ4v) is 3.91. The van der Waals surface area contributed by atoms with Crippen molar-refractivity contribution in [2.45, 2.75) is 79.2 Å².